The van der Waals surface area contributed by atoms with Crippen molar-refractivity contribution < 1.29 is 0 Å². The minimum atomic E-state index is 0.530. The van der Waals surface area contributed by atoms with E-state index in [4.69, 9.17) is 0 Å². The minimum absolute atomic E-state index is 0.530. The van der Waals surface area contributed by atoms with Crippen LogP contribution in [-0.2, 0) is 13.1 Å². The van der Waals surface area contributed by atoms with Gasteiger partial charge < -0.3 is 10.6 Å². The molecule has 0 unspecified atom stereocenters. The Hall–Kier alpha value is -3.15. The van der Waals surface area contributed by atoms with Gasteiger partial charge in [0.15, 0.2) is 11.8 Å². The van der Waals surface area contributed by atoms with E-state index in [0.717, 1.165) is 17.5 Å². The SMILES string of the molecule is CN=C(NCc1ccc(C)cc1)NCc1nncn1-c1ccccc1. The van der Waals surface area contributed by atoms with Crippen molar-refractivity contribution in [1.82, 2.24) is 25.4 Å². The number of guanidine groups is 1. The average molecular weight is 334 g/mol. The van der Waals surface area contributed by atoms with Crippen molar-refractivity contribution in [2.24, 2.45) is 4.99 Å². The monoisotopic (exact) mass is 334 g/mol. The van der Waals surface area contributed by atoms with Gasteiger partial charge in [0.1, 0.15) is 6.33 Å². The third-order valence-corrected chi connectivity index (χ3v) is 3.87. The smallest absolute Gasteiger partial charge is 0.191 e. The molecule has 1 heterocycles. The number of nitrogens with one attached hydrogen (secondary N) is 2. The first kappa shape index (κ1) is 16.7. The topological polar surface area (TPSA) is 67.1 Å². The van der Waals surface area contributed by atoms with Crippen molar-refractivity contribution in [2.75, 3.05) is 7.05 Å². The highest BCUT2D eigenvalue weighted by molar-refractivity contribution is 5.79. The van der Waals surface area contributed by atoms with E-state index in [1.54, 1.807) is 13.4 Å². The third kappa shape index (κ3) is 4.44. The summed E-state index contributed by atoms with van der Waals surface area (Å²) in [6, 6.07) is 18.5. The average Bonchev–Trinajstić information content (AvgIpc) is 3.12. The lowest BCUT2D eigenvalue weighted by Gasteiger charge is -2.12. The quantitative estimate of drug-likeness (QED) is 0.555. The van der Waals surface area contributed by atoms with Gasteiger partial charge in [0, 0.05) is 19.3 Å². The molecule has 6 heteroatoms. The molecular weight excluding hydrogens is 312 g/mol. The van der Waals surface area contributed by atoms with E-state index >= 15 is 0 Å². The second-order valence-electron chi connectivity index (χ2n) is 5.72. The lowest BCUT2D eigenvalue weighted by atomic mass is 10.1. The van der Waals surface area contributed by atoms with Crippen LogP contribution in [0.1, 0.15) is 17.0 Å². The molecular formula is C19H22N6. The summed E-state index contributed by atoms with van der Waals surface area (Å²) >= 11 is 0. The number of hydrogen-bond donors (Lipinski definition) is 2. The van der Waals surface area contributed by atoms with E-state index in [1.165, 1.54) is 11.1 Å². The molecule has 0 fully saturated rings. The number of aryl methyl sites for hydroxylation is 1. The van der Waals surface area contributed by atoms with Crippen LogP contribution in [0.4, 0.5) is 0 Å². The highest BCUT2D eigenvalue weighted by atomic mass is 15.3. The lowest BCUT2D eigenvalue weighted by Crippen LogP contribution is -2.36. The Morgan fingerprint density at radius 3 is 2.44 bits per heavy atom. The first-order valence-corrected chi connectivity index (χ1v) is 8.20. The Bertz CT molecular complexity index is 821. The van der Waals surface area contributed by atoms with Gasteiger partial charge in [0.05, 0.1) is 6.54 Å². The van der Waals surface area contributed by atoms with Crippen LogP contribution in [0.5, 0.6) is 0 Å². The number of aliphatic imine (C=N–C) groups is 1. The number of rotatable bonds is 5. The molecule has 0 saturated carbocycles. The predicted molar refractivity (Wildman–Crippen MR) is 99.6 cm³/mol. The molecule has 0 amide bonds. The van der Waals surface area contributed by atoms with E-state index in [2.05, 4.69) is 57.0 Å². The normalized spacial score (nSPS) is 11.4. The lowest BCUT2D eigenvalue weighted by molar-refractivity contribution is 0.754. The molecule has 0 atom stereocenters. The van der Waals surface area contributed by atoms with Gasteiger partial charge in [0.25, 0.3) is 0 Å². The van der Waals surface area contributed by atoms with E-state index in [0.29, 0.717) is 13.1 Å². The van der Waals surface area contributed by atoms with Gasteiger partial charge in [0.2, 0.25) is 0 Å². The minimum Gasteiger partial charge on any atom is -0.352 e. The molecule has 2 aromatic carbocycles. The Morgan fingerprint density at radius 1 is 1.00 bits per heavy atom. The number of hydrogen-bond acceptors (Lipinski definition) is 3. The Balaban J connectivity index is 1.59. The summed E-state index contributed by atoms with van der Waals surface area (Å²) in [7, 11) is 1.76. The molecule has 2 N–H and O–H groups in total. The van der Waals surface area contributed by atoms with Crippen LogP contribution >= 0.6 is 0 Å². The van der Waals surface area contributed by atoms with Crippen molar-refractivity contribution in [3.8, 4) is 5.69 Å². The molecule has 3 aromatic rings. The number of nitrogens with zero attached hydrogens (tertiary/aromatic N) is 4. The van der Waals surface area contributed by atoms with Gasteiger partial charge in [-0.3, -0.25) is 9.56 Å². The fourth-order valence-electron chi connectivity index (χ4n) is 2.46. The Kier molecular flexibility index (Phi) is 5.41. The van der Waals surface area contributed by atoms with Gasteiger partial charge in [-0.25, -0.2) is 0 Å². The fourth-order valence-corrected chi connectivity index (χ4v) is 2.46. The van der Waals surface area contributed by atoms with Crippen LogP contribution in [0.3, 0.4) is 0 Å². The van der Waals surface area contributed by atoms with Gasteiger partial charge in [-0.05, 0) is 24.6 Å². The highest BCUT2D eigenvalue weighted by Crippen LogP contribution is 2.08. The molecule has 0 radical (unpaired) electrons. The summed E-state index contributed by atoms with van der Waals surface area (Å²) in [5, 5.41) is 14.8. The summed E-state index contributed by atoms with van der Waals surface area (Å²) < 4.78 is 1.96. The van der Waals surface area contributed by atoms with E-state index in [1.807, 2.05) is 34.9 Å². The fraction of sp³-hybridized carbons (Fsp3) is 0.211. The maximum atomic E-state index is 4.26. The van der Waals surface area contributed by atoms with Crippen LogP contribution in [0.15, 0.2) is 65.9 Å². The summed E-state index contributed by atoms with van der Waals surface area (Å²) in [4.78, 5) is 4.26. The third-order valence-electron chi connectivity index (χ3n) is 3.87. The summed E-state index contributed by atoms with van der Waals surface area (Å²) in [5.41, 5.74) is 3.50. The molecule has 1 aromatic heterocycles. The van der Waals surface area contributed by atoms with Crippen molar-refractivity contribution >= 4 is 5.96 Å². The molecule has 0 aliphatic rings. The van der Waals surface area contributed by atoms with Crippen LogP contribution in [0.2, 0.25) is 0 Å². The molecule has 128 valence electrons. The van der Waals surface area contributed by atoms with Crippen molar-refractivity contribution in [3.63, 3.8) is 0 Å². The highest BCUT2D eigenvalue weighted by Gasteiger charge is 2.07. The molecule has 0 aliphatic carbocycles. The molecule has 0 aliphatic heterocycles. The second-order valence-corrected chi connectivity index (χ2v) is 5.72. The van der Waals surface area contributed by atoms with Crippen LogP contribution in [0.25, 0.3) is 5.69 Å². The van der Waals surface area contributed by atoms with Crippen LogP contribution < -0.4 is 10.6 Å². The number of aromatic nitrogens is 3. The van der Waals surface area contributed by atoms with Crippen molar-refractivity contribution in [2.45, 2.75) is 20.0 Å². The first-order chi connectivity index (χ1) is 12.3. The maximum Gasteiger partial charge on any atom is 0.191 e. The maximum absolute atomic E-state index is 4.26. The van der Waals surface area contributed by atoms with Gasteiger partial charge in [-0.15, -0.1) is 10.2 Å². The molecule has 0 spiro atoms. The standard InChI is InChI=1S/C19H22N6/c1-15-8-10-16(11-9-15)12-21-19(20-2)22-13-18-24-23-14-25(18)17-6-4-3-5-7-17/h3-11,14H,12-13H2,1-2H3,(H2,20,21,22). The first-order valence-electron chi connectivity index (χ1n) is 8.20. The summed E-state index contributed by atoms with van der Waals surface area (Å²) in [6.45, 7) is 3.33. The number of para-hydroxylation sites is 1. The zero-order valence-corrected chi connectivity index (χ0v) is 14.5. The zero-order chi connectivity index (χ0) is 17.5. The van der Waals surface area contributed by atoms with E-state index in [-0.39, 0.29) is 0 Å². The number of benzene rings is 2. The molecule has 0 bridgehead atoms. The molecule has 0 saturated heterocycles. The largest absolute Gasteiger partial charge is 0.352 e. The van der Waals surface area contributed by atoms with Crippen LogP contribution in [-0.4, -0.2) is 27.8 Å². The summed E-state index contributed by atoms with van der Waals surface area (Å²) in [6.07, 6.45) is 1.72. The predicted octanol–water partition coefficient (Wildman–Crippen LogP) is 2.44. The zero-order valence-electron chi connectivity index (χ0n) is 14.5. The Morgan fingerprint density at radius 2 is 1.72 bits per heavy atom. The van der Waals surface area contributed by atoms with E-state index < -0.39 is 0 Å². The molecule has 25 heavy (non-hydrogen) atoms. The molecule has 6 nitrogen and oxygen atoms in total. The van der Waals surface area contributed by atoms with Crippen molar-refractivity contribution in [3.05, 3.63) is 77.9 Å². The van der Waals surface area contributed by atoms with Crippen molar-refractivity contribution in [1.29, 1.82) is 0 Å². The molecule has 3 rings (SSSR count). The van der Waals surface area contributed by atoms with Gasteiger partial charge in [-0.2, -0.15) is 0 Å². The van der Waals surface area contributed by atoms with Crippen LogP contribution in [0, 0.1) is 6.92 Å². The second kappa shape index (κ2) is 8.10. The summed E-state index contributed by atoms with van der Waals surface area (Å²) in [5.74, 6) is 1.55. The van der Waals surface area contributed by atoms with Gasteiger partial charge in [-0.1, -0.05) is 48.0 Å². The van der Waals surface area contributed by atoms with Gasteiger partial charge >= 0.3 is 0 Å². The van der Waals surface area contributed by atoms with E-state index in [9.17, 15) is 0 Å². The Labute approximate surface area is 147 Å².